The zero-order valence-electron chi connectivity index (χ0n) is 12.4. The van der Waals surface area contributed by atoms with Gasteiger partial charge in [-0.3, -0.25) is 0 Å². The predicted molar refractivity (Wildman–Crippen MR) is 86.4 cm³/mol. The molecule has 1 aliphatic rings. The Morgan fingerprint density at radius 3 is 2.81 bits per heavy atom. The van der Waals surface area contributed by atoms with Crippen LogP contribution in [0.1, 0.15) is 31.4 Å². The van der Waals surface area contributed by atoms with E-state index in [0.717, 1.165) is 30.2 Å². The van der Waals surface area contributed by atoms with Gasteiger partial charge in [0, 0.05) is 24.0 Å². The Bertz CT molecular complexity index is 578. The molecule has 0 aliphatic carbocycles. The maximum Gasteiger partial charge on any atom is 0.230 e. The summed E-state index contributed by atoms with van der Waals surface area (Å²) < 4.78 is 9.49. The molecule has 0 radical (unpaired) electrons. The highest BCUT2D eigenvalue weighted by molar-refractivity contribution is 7.03. The number of pyridine rings is 1. The van der Waals surface area contributed by atoms with Gasteiger partial charge in [-0.2, -0.15) is 4.37 Å². The molecule has 2 aromatic heterocycles. The van der Waals surface area contributed by atoms with Crippen LogP contribution in [0.4, 0.5) is 11.5 Å². The molecule has 21 heavy (non-hydrogen) atoms. The van der Waals surface area contributed by atoms with Crippen LogP contribution in [0, 0.1) is 0 Å². The minimum Gasteiger partial charge on any atom is -0.480 e. The lowest BCUT2D eigenvalue weighted by atomic mass is 10.2. The van der Waals surface area contributed by atoms with E-state index in [9.17, 15) is 0 Å². The van der Waals surface area contributed by atoms with Crippen LogP contribution in [0.2, 0.25) is 0 Å². The van der Waals surface area contributed by atoms with Crippen molar-refractivity contribution in [1.82, 2.24) is 9.36 Å². The number of nitrogens with zero attached hydrogens (tertiary/aromatic N) is 3. The monoisotopic (exact) mass is 304 g/mol. The van der Waals surface area contributed by atoms with Gasteiger partial charge in [0.25, 0.3) is 0 Å². The molecule has 2 aromatic rings. The SMILES string of the molecule is COc1nscc1C(C)Nc1ccc(N2CCCC2)nc1. The fourth-order valence-corrected chi connectivity index (χ4v) is 3.36. The Morgan fingerprint density at radius 1 is 1.33 bits per heavy atom. The third kappa shape index (κ3) is 3.10. The van der Waals surface area contributed by atoms with Crippen LogP contribution in [0.15, 0.2) is 23.7 Å². The molecule has 0 amide bonds. The molecule has 1 atom stereocenters. The van der Waals surface area contributed by atoms with Gasteiger partial charge in [0.15, 0.2) is 0 Å². The second kappa shape index (κ2) is 6.30. The van der Waals surface area contributed by atoms with Gasteiger partial charge >= 0.3 is 0 Å². The van der Waals surface area contributed by atoms with Gasteiger partial charge in [0.2, 0.25) is 5.88 Å². The average Bonchev–Trinajstić information content (AvgIpc) is 3.19. The van der Waals surface area contributed by atoms with Crippen molar-refractivity contribution in [2.45, 2.75) is 25.8 Å². The molecule has 1 N–H and O–H groups in total. The van der Waals surface area contributed by atoms with Crippen molar-refractivity contribution in [1.29, 1.82) is 0 Å². The van der Waals surface area contributed by atoms with Gasteiger partial charge in [-0.15, -0.1) is 0 Å². The number of hydrogen-bond donors (Lipinski definition) is 1. The van der Waals surface area contributed by atoms with E-state index < -0.39 is 0 Å². The number of nitrogens with one attached hydrogen (secondary N) is 1. The van der Waals surface area contributed by atoms with E-state index in [2.05, 4.69) is 38.6 Å². The Balaban J connectivity index is 1.67. The molecule has 3 heterocycles. The summed E-state index contributed by atoms with van der Waals surface area (Å²) >= 11 is 1.41. The van der Waals surface area contributed by atoms with Crippen molar-refractivity contribution < 1.29 is 4.74 Å². The van der Waals surface area contributed by atoms with Crippen LogP contribution in [0.3, 0.4) is 0 Å². The van der Waals surface area contributed by atoms with Gasteiger partial charge < -0.3 is 15.0 Å². The van der Waals surface area contributed by atoms with Crippen LogP contribution in [0.5, 0.6) is 5.88 Å². The van der Waals surface area contributed by atoms with Gasteiger partial charge in [0.1, 0.15) is 5.82 Å². The van der Waals surface area contributed by atoms with E-state index in [4.69, 9.17) is 4.74 Å². The minimum atomic E-state index is 0.137. The van der Waals surface area contributed by atoms with Gasteiger partial charge in [0.05, 0.1) is 25.0 Å². The van der Waals surface area contributed by atoms with Crippen molar-refractivity contribution >= 4 is 23.0 Å². The summed E-state index contributed by atoms with van der Waals surface area (Å²) in [4.78, 5) is 6.89. The summed E-state index contributed by atoms with van der Waals surface area (Å²) in [6.07, 6.45) is 4.43. The van der Waals surface area contributed by atoms with Crippen molar-refractivity contribution in [3.8, 4) is 5.88 Å². The Morgan fingerprint density at radius 2 is 2.14 bits per heavy atom. The van der Waals surface area contributed by atoms with E-state index in [1.54, 1.807) is 7.11 Å². The zero-order valence-corrected chi connectivity index (χ0v) is 13.2. The van der Waals surface area contributed by atoms with Gasteiger partial charge in [-0.1, -0.05) is 0 Å². The lowest BCUT2D eigenvalue weighted by Crippen LogP contribution is -2.18. The number of hydrogen-bond acceptors (Lipinski definition) is 6. The molecular weight excluding hydrogens is 284 g/mol. The summed E-state index contributed by atoms with van der Waals surface area (Å²) in [6, 6.07) is 4.31. The molecule has 0 bridgehead atoms. The largest absolute Gasteiger partial charge is 0.480 e. The first kappa shape index (κ1) is 14.1. The standard InChI is InChI=1S/C15H20N4OS/c1-11(13-10-21-18-15(13)20-2)17-12-5-6-14(16-9-12)19-7-3-4-8-19/h5-6,9-11,17H,3-4,7-8H2,1-2H3. The van der Waals surface area contributed by atoms with Gasteiger partial charge in [-0.05, 0) is 43.4 Å². The molecule has 0 aromatic carbocycles. The average molecular weight is 304 g/mol. The Labute approximate surface area is 129 Å². The first-order chi connectivity index (χ1) is 10.3. The Hall–Kier alpha value is -1.82. The molecule has 5 nitrogen and oxygen atoms in total. The lowest BCUT2D eigenvalue weighted by Gasteiger charge is -2.18. The number of methoxy groups -OCH3 is 1. The van der Waals surface area contributed by atoms with Crippen LogP contribution in [-0.2, 0) is 0 Å². The van der Waals surface area contributed by atoms with E-state index in [1.165, 1.54) is 24.4 Å². The number of rotatable bonds is 5. The molecule has 112 valence electrons. The second-order valence-corrected chi connectivity index (χ2v) is 5.87. The number of anilines is 2. The molecule has 6 heteroatoms. The maximum atomic E-state index is 5.27. The van der Waals surface area contributed by atoms with Crippen LogP contribution in [0.25, 0.3) is 0 Å². The molecule has 1 aliphatic heterocycles. The van der Waals surface area contributed by atoms with Crippen molar-refractivity contribution in [2.75, 3.05) is 30.4 Å². The van der Waals surface area contributed by atoms with Crippen molar-refractivity contribution in [3.05, 3.63) is 29.3 Å². The summed E-state index contributed by atoms with van der Waals surface area (Å²) in [5.41, 5.74) is 2.09. The number of ether oxygens (including phenoxy) is 1. The van der Waals surface area contributed by atoms with Crippen molar-refractivity contribution in [3.63, 3.8) is 0 Å². The zero-order chi connectivity index (χ0) is 14.7. The fraction of sp³-hybridized carbons (Fsp3) is 0.467. The summed E-state index contributed by atoms with van der Waals surface area (Å²) in [5, 5.41) is 5.46. The topological polar surface area (TPSA) is 50.3 Å². The minimum absolute atomic E-state index is 0.137. The van der Waals surface area contributed by atoms with E-state index >= 15 is 0 Å². The summed E-state index contributed by atoms with van der Waals surface area (Å²) in [7, 11) is 1.65. The third-order valence-electron chi connectivity index (χ3n) is 3.78. The fourth-order valence-electron chi connectivity index (χ4n) is 2.61. The summed E-state index contributed by atoms with van der Waals surface area (Å²) in [6.45, 7) is 4.34. The predicted octanol–water partition coefficient (Wildman–Crippen LogP) is 3.32. The Kier molecular flexibility index (Phi) is 4.24. The molecule has 1 fully saturated rings. The first-order valence-corrected chi connectivity index (χ1v) is 8.07. The number of aromatic nitrogens is 2. The smallest absolute Gasteiger partial charge is 0.230 e. The van der Waals surface area contributed by atoms with Gasteiger partial charge in [-0.25, -0.2) is 4.98 Å². The molecule has 3 rings (SSSR count). The molecular formula is C15H20N4OS. The maximum absolute atomic E-state index is 5.27. The highest BCUT2D eigenvalue weighted by atomic mass is 32.1. The lowest BCUT2D eigenvalue weighted by molar-refractivity contribution is 0.396. The van der Waals surface area contributed by atoms with Crippen LogP contribution < -0.4 is 15.0 Å². The normalized spacial score (nSPS) is 16.0. The quantitative estimate of drug-likeness (QED) is 0.918. The molecule has 1 saturated heterocycles. The molecule has 1 unspecified atom stereocenters. The summed E-state index contributed by atoms with van der Waals surface area (Å²) in [5.74, 6) is 1.77. The van der Waals surface area contributed by atoms with E-state index in [1.807, 2.05) is 11.6 Å². The third-order valence-corrected chi connectivity index (χ3v) is 4.41. The van der Waals surface area contributed by atoms with Crippen LogP contribution in [-0.4, -0.2) is 29.6 Å². The first-order valence-electron chi connectivity index (χ1n) is 7.23. The van der Waals surface area contributed by atoms with Crippen LogP contribution >= 0.6 is 11.5 Å². The van der Waals surface area contributed by atoms with E-state index in [-0.39, 0.29) is 6.04 Å². The molecule has 0 spiro atoms. The highest BCUT2D eigenvalue weighted by Gasteiger charge is 2.15. The second-order valence-electron chi connectivity index (χ2n) is 5.24. The van der Waals surface area contributed by atoms with Crippen molar-refractivity contribution in [2.24, 2.45) is 0 Å². The van der Waals surface area contributed by atoms with E-state index in [0.29, 0.717) is 5.88 Å². The molecule has 0 saturated carbocycles. The highest BCUT2D eigenvalue weighted by Crippen LogP contribution is 2.28.